The van der Waals surface area contributed by atoms with Crippen LogP contribution in [-0.2, 0) is 21.2 Å². The number of likely N-dealkylation sites (tertiary alicyclic amines) is 1. The number of amides is 1. The lowest BCUT2D eigenvalue weighted by molar-refractivity contribution is -0.133. The number of carbonyl (C=O) groups is 1. The molecule has 2 aromatic rings. The lowest BCUT2D eigenvalue weighted by Gasteiger charge is -2.36. The van der Waals surface area contributed by atoms with E-state index in [0.29, 0.717) is 19.5 Å². The number of piperidine rings is 1. The van der Waals surface area contributed by atoms with Crippen LogP contribution in [0.1, 0.15) is 24.8 Å². The Morgan fingerprint density at radius 3 is 2.72 bits per heavy atom. The minimum Gasteiger partial charge on any atom is -0.338 e. The Morgan fingerprint density at radius 1 is 1.16 bits per heavy atom. The molecule has 0 aliphatic carbocycles. The Labute approximate surface area is 149 Å². The van der Waals surface area contributed by atoms with Gasteiger partial charge < -0.3 is 4.90 Å². The quantitative estimate of drug-likeness (QED) is 0.890. The maximum Gasteiger partial charge on any atom is 0.227 e. The average molecular weight is 360 g/mol. The second kappa shape index (κ2) is 7.54. The fourth-order valence-corrected chi connectivity index (χ4v) is 3.99. The second-order valence-electron chi connectivity index (χ2n) is 6.67. The van der Waals surface area contributed by atoms with Gasteiger partial charge in [0.2, 0.25) is 15.9 Å². The molecule has 0 spiro atoms. The van der Waals surface area contributed by atoms with Crippen molar-refractivity contribution in [3.05, 3.63) is 48.0 Å². The molecule has 1 heterocycles. The standard InChI is InChI=1S/C19H24N2O3S/c1-25(23,24)20-14-17-10-4-5-12-21(17)19(22)13-16-9-6-8-15-7-2-3-11-18(15)16/h2-3,6-9,11,17,20H,4-5,10,12-14H2,1H3. The molecule has 0 bridgehead atoms. The van der Waals surface area contributed by atoms with Gasteiger partial charge in [-0.3, -0.25) is 4.79 Å². The molecular weight excluding hydrogens is 336 g/mol. The molecule has 1 amide bonds. The van der Waals surface area contributed by atoms with E-state index in [1.165, 1.54) is 0 Å². The molecule has 0 radical (unpaired) electrons. The third kappa shape index (κ3) is 4.58. The van der Waals surface area contributed by atoms with Crippen molar-refractivity contribution in [2.24, 2.45) is 0 Å². The van der Waals surface area contributed by atoms with Crippen LogP contribution in [-0.4, -0.2) is 44.6 Å². The van der Waals surface area contributed by atoms with E-state index < -0.39 is 10.0 Å². The SMILES string of the molecule is CS(=O)(=O)NCC1CCCCN1C(=O)Cc1cccc2ccccc12. The monoisotopic (exact) mass is 360 g/mol. The summed E-state index contributed by atoms with van der Waals surface area (Å²) in [5.74, 6) is 0.0661. The van der Waals surface area contributed by atoms with E-state index in [1.54, 1.807) is 0 Å². The van der Waals surface area contributed by atoms with E-state index in [2.05, 4.69) is 4.72 Å². The Kier molecular flexibility index (Phi) is 5.39. The highest BCUT2D eigenvalue weighted by Gasteiger charge is 2.27. The van der Waals surface area contributed by atoms with Gasteiger partial charge in [0.05, 0.1) is 12.7 Å². The smallest absolute Gasteiger partial charge is 0.227 e. The molecule has 25 heavy (non-hydrogen) atoms. The summed E-state index contributed by atoms with van der Waals surface area (Å²) in [4.78, 5) is 14.7. The predicted molar refractivity (Wildman–Crippen MR) is 99.9 cm³/mol. The second-order valence-corrected chi connectivity index (χ2v) is 8.51. The topological polar surface area (TPSA) is 66.5 Å². The maximum atomic E-state index is 12.9. The number of rotatable bonds is 5. The number of benzene rings is 2. The minimum atomic E-state index is -3.25. The molecule has 5 nitrogen and oxygen atoms in total. The molecule has 1 fully saturated rings. The number of carbonyl (C=O) groups excluding carboxylic acids is 1. The van der Waals surface area contributed by atoms with Crippen molar-refractivity contribution < 1.29 is 13.2 Å². The highest BCUT2D eigenvalue weighted by Crippen LogP contribution is 2.22. The van der Waals surface area contributed by atoms with Crippen LogP contribution in [0.15, 0.2) is 42.5 Å². The van der Waals surface area contributed by atoms with Crippen molar-refractivity contribution in [3.8, 4) is 0 Å². The summed E-state index contributed by atoms with van der Waals surface area (Å²) < 4.78 is 25.3. The van der Waals surface area contributed by atoms with Crippen molar-refractivity contribution >= 4 is 26.7 Å². The summed E-state index contributed by atoms with van der Waals surface area (Å²) in [6.07, 6.45) is 4.32. The molecule has 134 valence electrons. The van der Waals surface area contributed by atoms with Crippen LogP contribution in [0, 0.1) is 0 Å². The Morgan fingerprint density at radius 2 is 1.92 bits per heavy atom. The van der Waals surface area contributed by atoms with E-state index in [-0.39, 0.29) is 11.9 Å². The van der Waals surface area contributed by atoms with Crippen molar-refractivity contribution in [2.75, 3.05) is 19.3 Å². The van der Waals surface area contributed by atoms with E-state index >= 15 is 0 Å². The molecule has 0 saturated carbocycles. The van der Waals surface area contributed by atoms with E-state index in [1.807, 2.05) is 47.4 Å². The van der Waals surface area contributed by atoms with Crippen molar-refractivity contribution in [2.45, 2.75) is 31.7 Å². The van der Waals surface area contributed by atoms with Gasteiger partial charge in [-0.1, -0.05) is 42.5 Å². The molecule has 1 unspecified atom stereocenters. The summed E-state index contributed by atoms with van der Waals surface area (Å²) in [6, 6.07) is 14.0. The van der Waals surface area contributed by atoms with Crippen molar-refractivity contribution in [1.82, 2.24) is 9.62 Å². The summed E-state index contributed by atoms with van der Waals surface area (Å²) >= 11 is 0. The molecule has 1 aliphatic rings. The van der Waals surface area contributed by atoms with Gasteiger partial charge in [0, 0.05) is 19.1 Å². The van der Waals surface area contributed by atoms with Gasteiger partial charge >= 0.3 is 0 Å². The van der Waals surface area contributed by atoms with Crippen molar-refractivity contribution in [1.29, 1.82) is 0 Å². The first-order valence-electron chi connectivity index (χ1n) is 8.65. The van der Waals surface area contributed by atoms with E-state index in [0.717, 1.165) is 41.9 Å². The van der Waals surface area contributed by atoms with Crippen LogP contribution >= 0.6 is 0 Å². The Balaban J connectivity index is 1.76. The minimum absolute atomic E-state index is 0.0639. The molecule has 0 aromatic heterocycles. The molecule has 1 aliphatic heterocycles. The molecule has 2 aromatic carbocycles. The molecule has 6 heteroatoms. The maximum absolute atomic E-state index is 12.9. The zero-order chi connectivity index (χ0) is 17.9. The Hall–Kier alpha value is -1.92. The third-order valence-electron chi connectivity index (χ3n) is 4.75. The number of sulfonamides is 1. The normalized spacial score (nSPS) is 18.4. The predicted octanol–water partition coefficient (Wildman–Crippen LogP) is 2.31. The molecule has 1 saturated heterocycles. The number of hydrogen-bond donors (Lipinski definition) is 1. The fourth-order valence-electron chi connectivity index (χ4n) is 3.50. The van der Waals surface area contributed by atoms with Gasteiger partial charge in [0.25, 0.3) is 0 Å². The summed E-state index contributed by atoms with van der Waals surface area (Å²) in [7, 11) is -3.25. The Bertz CT molecular complexity index is 859. The largest absolute Gasteiger partial charge is 0.338 e. The number of nitrogens with one attached hydrogen (secondary N) is 1. The van der Waals surface area contributed by atoms with Crippen LogP contribution in [0.4, 0.5) is 0 Å². The first-order valence-corrected chi connectivity index (χ1v) is 10.5. The van der Waals surface area contributed by atoms with Gasteiger partial charge in [-0.05, 0) is 35.6 Å². The van der Waals surface area contributed by atoms with Crippen molar-refractivity contribution in [3.63, 3.8) is 0 Å². The summed E-state index contributed by atoms with van der Waals surface area (Å²) in [5, 5.41) is 2.22. The highest BCUT2D eigenvalue weighted by molar-refractivity contribution is 7.88. The summed E-state index contributed by atoms with van der Waals surface area (Å²) in [5.41, 5.74) is 1.02. The first kappa shape index (κ1) is 17.9. The van der Waals surface area contributed by atoms with Crippen LogP contribution in [0.2, 0.25) is 0 Å². The third-order valence-corrected chi connectivity index (χ3v) is 5.44. The van der Waals surface area contributed by atoms with Gasteiger partial charge in [-0.25, -0.2) is 13.1 Å². The number of nitrogens with zero attached hydrogens (tertiary/aromatic N) is 1. The van der Waals surface area contributed by atoms with Gasteiger partial charge in [0.15, 0.2) is 0 Å². The lowest BCUT2D eigenvalue weighted by Crippen LogP contribution is -2.49. The van der Waals surface area contributed by atoms with E-state index in [4.69, 9.17) is 0 Å². The highest BCUT2D eigenvalue weighted by atomic mass is 32.2. The van der Waals surface area contributed by atoms with E-state index in [9.17, 15) is 13.2 Å². The molecule has 1 atom stereocenters. The fraction of sp³-hybridized carbons (Fsp3) is 0.421. The van der Waals surface area contributed by atoms with Gasteiger partial charge in [-0.15, -0.1) is 0 Å². The van der Waals surface area contributed by atoms with Crippen LogP contribution in [0.25, 0.3) is 10.8 Å². The summed E-state index contributed by atoms with van der Waals surface area (Å²) in [6.45, 7) is 0.986. The molecule has 1 N–H and O–H groups in total. The average Bonchev–Trinajstić information content (AvgIpc) is 2.60. The van der Waals surface area contributed by atoms with Crippen LogP contribution in [0.3, 0.4) is 0 Å². The molecule has 3 rings (SSSR count). The number of hydrogen-bond acceptors (Lipinski definition) is 3. The lowest BCUT2D eigenvalue weighted by atomic mass is 9.98. The van der Waals surface area contributed by atoms with Gasteiger partial charge in [0.1, 0.15) is 0 Å². The van der Waals surface area contributed by atoms with Crippen LogP contribution < -0.4 is 4.72 Å². The zero-order valence-electron chi connectivity index (χ0n) is 14.4. The number of fused-ring (bicyclic) bond motifs is 1. The zero-order valence-corrected chi connectivity index (χ0v) is 15.3. The van der Waals surface area contributed by atoms with Gasteiger partial charge in [-0.2, -0.15) is 0 Å². The van der Waals surface area contributed by atoms with Crippen LogP contribution in [0.5, 0.6) is 0 Å². The molecular formula is C19H24N2O3S. The first-order chi connectivity index (χ1) is 11.9.